The molecule has 28 heavy (non-hydrogen) atoms. The zero-order chi connectivity index (χ0) is 18.7. The number of nitrogens with one attached hydrogen (secondary N) is 1. The first kappa shape index (κ1) is 16.1. The Morgan fingerprint density at radius 2 is 1.39 bits per heavy atom. The molecule has 0 aliphatic heterocycles. The van der Waals surface area contributed by atoms with Gasteiger partial charge in [0.15, 0.2) is 0 Å². The van der Waals surface area contributed by atoms with E-state index in [1.54, 1.807) is 12.4 Å². The van der Waals surface area contributed by atoms with Crippen molar-refractivity contribution in [2.75, 3.05) is 0 Å². The standard InChI is InChI=1S/C25H22N2O/c28-24(27-15-16-9-11-26-12-10-16)25-13-21-17-5-1-3-7-19(17)23(25)20-8-4-2-6-18(20)22(21)14-25/h1-12,21-23H,13-15H2,(H,27,28). The minimum atomic E-state index is -0.328. The zero-order valence-corrected chi connectivity index (χ0v) is 15.6. The Hall–Kier alpha value is -2.94. The number of nitrogens with zero attached hydrogens (tertiary/aromatic N) is 1. The van der Waals surface area contributed by atoms with E-state index in [2.05, 4.69) is 58.8 Å². The van der Waals surface area contributed by atoms with Crippen LogP contribution in [0, 0.1) is 5.41 Å². The summed E-state index contributed by atoms with van der Waals surface area (Å²) in [5.74, 6) is 1.27. The lowest BCUT2D eigenvalue weighted by Gasteiger charge is -2.42. The number of carbonyl (C=O) groups is 1. The predicted octanol–water partition coefficient (Wildman–Crippen LogP) is 4.50. The molecule has 1 fully saturated rings. The number of amides is 1. The molecule has 138 valence electrons. The molecule has 2 atom stereocenters. The van der Waals surface area contributed by atoms with Crippen molar-refractivity contribution < 1.29 is 4.79 Å². The Labute approximate surface area is 164 Å². The molecule has 1 saturated carbocycles. The molecule has 3 aliphatic carbocycles. The summed E-state index contributed by atoms with van der Waals surface area (Å²) >= 11 is 0. The van der Waals surface area contributed by atoms with E-state index < -0.39 is 0 Å². The van der Waals surface area contributed by atoms with Gasteiger partial charge in [0.25, 0.3) is 0 Å². The SMILES string of the molecule is O=C(NCc1ccncc1)C12CC3c4ccccc4C1c1ccccc1C3C2. The van der Waals surface area contributed by atoms with Crippen molar-refractivity contribution >= 4 is 5.91 Å². The molecule has 3 aliphatic rings. The molecule has 0 radical (unpaired) electrons. The van der Waals surface area contributed by atoms with Gasteiger partial charge in [-0.15, -0.1) is 0 Å². The summed E-state index contributed by atoms with van der Waals surface area (Å²) in [7, 11) is 0. The molecule has 2 unspecified atom stereocenters. The van der Waals surface area contributed by atoms with E-state index in [0.717, 1.165) is 18.4 Å². The summed E-state index contributed by atoms with van der Waals surface area (Å²) in [5, 5.41) is 3.27. The number of fused-ring (bicyclic) bond motifs is 9. The number of hydrogen-bond acceptors (Lipinski definition) is 2. The van der Waals surface area contributed by atoms with Gasteiger partial charge in [0.2, 0.25) is 5.91 Å². The number of pyridine rings is 1. The lowest BCUT2D eigenvalue weighted by Crippen LogP contribution is -2.46. The van der Waals surface area contributed by atoms with Gasteiger partial charge in [-0.2, -0.15) is 0 Å². The lowest BCUT2D eigenvalue weighted by molar-refractivity contribution is -0.132. The first-order valence-corrected chi connectivity index (χ1v) is 10.1. The van der Waals surface area contributed by atoms with Crippen molar-refractivity contribution in [3.05, 3.63) is 101 Å². The molecule has 1 aromatic heterocycles. The Morgan fingerprint density at radius 1 is 0.857 bits per heavy atom. The minimum Gasteiger partial charge on any atom is -0.352 e. The van der Waals surface area contributed by atoms with Crippen LogP contribution < -0.4 is 5.32 Å². The molecular weight excluding hydrogens is 344 g/mol. The number of aromatic nitrogens is 1. The third-order valence-corrected chi connectivity index (χ3v) is 7.27. The third-order valence-electron chi connectivity index (χ3n) is 7.27. The molecule has 0 saturated heterocycles. The number of rotatable bonds is 3. The van der Waals surface area contributed by atoms with Crippen LogP contribution in [0.2, 0.25) is 0 Å². The lowest BCUT2D eigenvalue weighted by atomic mass is 9.61. The van der Waals surface area contributed by atoms with Crippen molar-refractivity contribution in [3.63, 3.8) is 0 Å². The van der Waals surface area contributed by atoms with Gasteiger partial charge < -0.3 is 5.32 Å². The van der Waals surface area contributed by atoms with Gasteiger partial charge in [0, 0.05) is 24.9 Å². The number of hydrogen-bond donors (Lipinski definition) is 1. The average Bonchev–Trinajstić information content (AvgIpc) is 2.99. The van der Waals surface area contributed by atoms with E-state index in [1.165, 1.54) is 22.3 Å². The van der Waals surface area contributed by atoms with Gasteiger partial charge in [-0.3, -0.25) is 9.78 Å². The summed E-state index contributed by atoms with van der Waals surface area (Å²) in [4.78, 5) is 17.7. The molecule has 3 aromatic rings. The predicted molar refractivity (Wildman–Crippen MR) is 108 cm³/mol. The molecular formula is C25H22N2O. The quantitative estimate of drug-likeness (QED) is 0.741. The molecule has 6 rings (SSSR count). The normalized spacial score (nSPS) is 28.5. The van der Waals surface area contributed by atoms with Crippen LogP contribution in [-0.2, 0) is 11.3 Å². The van der Waals surface area contributed by atoms with Gasteiger partial charge >= 0.3 is 0 Å². The smallest absolute Gasteiger partial charge is 0.227 e. The third kappa shape index (κ3) is 2.05. The van der Waals surface area contributed by atoms with Crippen LogP contribution in [0.4, 0.5) is 0 Å². The highest BCUT2D eigenvalue weighted by Crippen LogP contribution is 2.70. The maximum Gasteiger partial charge on any atom is 0.227 e. The summed E-state index contributed by atoms with van der Waals surface area (Å²) in [5.41, 5.74) is 6.42. The van der Waals surface area contributed by atoms with Crippen molar-refractivity contribution in [2.24, 2.45) is 5.41 Å². The second kappa shape index (κ2) is 5.78. The number of carbonyl (C=O) groups excluding carboxylic acids is 1. The van der Waals surface area contributed by atoms with Crippen LogP contribution in [0.25, 0.3) is 0 Å². The van der Waals surface area contributed by atoms with Crippen LogP contribution in [0.3, 0.4) is 0 Å². The van der Waals surface area contributed by atoms with E-state index in [9.17, 15) is 4.79 Å². The van der Waals surface area contributed by atoms with E-state index in [4.69, 9.17) is 0 Å². The Kier molecular flexibility index (Phi) is 3.31. The first-order chi connectivity index (χ1) is 13.8. The van der Waals surface area contributed by atoms with Crippen LogP contribution >= 0.6 is 0 Å². The van der Waals surface area contributed by atoms with Crippen molar-refractivity contribution in [3.8, 4) is 0 Å². The Balaban J connectivity index is 1.44. The van der Waals surface area contributed by atoms with E-state index in [0.29, 0.717) is 18.4 Å². The monoisotopic (exact) mass is 366 g/mol. The Bertz CT molecular complexity index is 1020. The molecule has 3 nitrogen and oxygen atoms in total. The van der Waals surface area contributed by atoms with Crippen LogP contribution in [-0.4, -0.2) is 10.9 Å². The van der Waals surface area contributed by atoms with Gasteiger partial charge in [-0.05, 0) is 64.6 Å². The van der Waals surface area contributed by atoms with Crippen LogP contribution in [0.5, 0.6) is 0 Å². The van der Waals surface area contributed by atoms with Gasteiger partial charge in [0.1, 0.15) is 0 Å². The first-order valence-electron chi connectivity index (χ1n) is 10.1. The summed E-state index contributed by atoms with van der Waals surface area (Å²) in [6, 6.07) is 21.6. The highest BCUT2D eigenvalue weighted by Gasteiger charge is 2.63. The maximum absolute atomic E-state index is 13.6. The fraction of sp³-hybridized carbons (Fsp3) is 0.280. The fourth-order valence-electron chi connectivity index (χ4n) is 6.20. The van der Waals surface area contributed by atoms with Gasteiger partial charge in [-0.1, -0.05) is 48.5 Å². The van der Waals surface area contributed by atoms with Crippen molar-refractivity contribution in [2.45, 2.75) is 37.1 Å². The average molecular weight is 366 g/mol. The molecule has 1 amide bonds. The largest absolute Gasteiger partial charge is 0.352 e. The summed E-state index contributed by atoms with van der Waals surface area (Å²) in [6.07, 6.45) is 5.47. The van der Waals surface area contributed by atoms with Gasteiger partial charge in [0.05, 0.1) is 5.41 Å². The van der Waals surface area contributed by atoms with E-state index in [1.807, 2.05) is 12.1 Å². The van der Waals surface area contributed by atoms with E-state index in [-0.39, 0.29) is 17.2 Å². The van der Waals surface area contributed by atoms with Crippen LogP contribution in [0.1, 0.15) is 58.4 Å². The second-order valence-electron chi connectivity index (χ2n) is 8.51. The highest BCUT2D eigenvalue weighted by atomic mass is 16.2. The van der Waals surface area contributed by atoms with Gasteiger partial charge in [-0.25, -0.2) is 0 Å². The second-order valence-corrected chi connectivity index (χ2v) is 8.51. The summed E-state index contributed by atoms with van der Waals surface area (Å²) in [6.45, 7) is 0.564. The van der Waals surface area contributed by atoms with Crippen molar-refractivity contribution in [1.82, 2.24) is 10.3 Å². The molecule has 1 heterocycles. The molecule has 3 bridgehead atoms. The summed E-state index contributed by atoms with van der Waals surface area (Å²) < 4.78 is 0. The van der Waals surface area contributed by atoms with Crippen LogP contribution in [0.15, 0.2) is 73.1 Å². The fourth-order valence-corrected chi connectivity index (χ4v) is 6.20. The molecule has 1 N–H and O–H groups in total. The molecule has 3 heteroatoms. The number of benzene rings is 2. The van der Waals surface area contributed by atoms with Crippen molar-refractivity contribution in [1.29, 1.82) is 0 Å². The highest BCUT2D eigenvalue weighted by molar-refractivity contribution is 5.87. The zero-order valence-electron chi connectivity index (χ0n) is 15.6. The molecule has 2 aromatic carbocycles. The van der Waals surface area contributed by atoms with E-state index >= 15 is 0 Å². The molecule has 0 spiro atoms. The topological polar surface area (TPSA) is 42.0 Å². The Morgan fingerprint density at radius 3 is 1.96 bits per heavy atom. The maximum atomic E-state index is 13.6. The minimum absolute atomic E-state index is 0.160.